The topological polar surface area (TPSA) is 102 Å². The molecular formula is C29H26N6O3. The largest absolute Gasteiger partial charge is 0.454 e. The van der Waals surface area contributed by atoms with Gasteiger partial charge in [-0.2, -0.15) is 4.98 Å². The number of nitrogens with one attached hydrogen (secondary N) is 2. The summed E-state index contributed by atoms with van der Waals surface area (Å²) in [6.07, 6.45) is 4.08. The number of amides is 1. The van der Waals surface area contributed by atoms with Gasteiger partial charge in [-0.25, -0.2) is 4.98 Å². The normalized spacial score (nSPS) is 13.7. The molecule has 0 saturated carbocycles. The molecule has 4 aromatic rings. The molecule has 190 valence electrons. The van der Waals surface area contributed by atoms with Crippen molar-refractivity contribution in [1.82, 2.24) is 20.3 Å². The van der Waals surface area contributed by atoms with Crippen LogP contribution in [0.15, 0.2) is 85.2 Å². The van der Waals surface area contributed by atoms with Crippen molar-refractivity contribution < 1.29 is 14.3 Å². The van der Waals surface area contributed by atoms with Gasteiger partial charge in [-0.05, 0) is 47.9 Å². The summed E-state index contributed by atoms with van der Waals surface area (Å²) in [6.45, 7) is 5.75. The first kappa shape index (κ1) is 23.5. The van der Waals surface area contributed by atoms with Gasteiger partial charge in [0.05, 0.1) is 12.2 Å². The fraction of sp³-hybridized carbons (Fsp3) is 0.172. The van der Waals surface area contributed by atoms with Crippen LogP contribution < -0.4 is 25.0 Å². The lowest BCUT2D eigenvalue weighted by atomic mass is 9.99. The Morgan fingerprint density at radius 1 is 1.00 bits per heavy atom. The Hall–Kier alpha value is -4.92. The van der Waals surface area contributed by atoms with E-state index in [0.29, 0.717) is 42.7 Å². The third kappa shape index (κ3) is 4.86. The van der Waals surface area contributed by atoms with E-state index >= 15 is 0 Å². The minimum Gasteiger partial charge on any atom is -0.454 e. The van der Waals surface area contributed by atoms with Crippen molar-refractivity contribution in [2.24, 2.45) is 0 Å². The number of para-hydroxylation sites is 1. The van der Waals surface area contributed by atoms with Crippen molar-refractivity contribution in [2.45, 2.75) is 19.5 Å². The maximum Gasteiger partial charge on any atom is 0.256 e. The smallest absolute Gasteiger partial charge is 0.256 e. The van der Waals surface area contributed by atoms with E-state index in [1.165, 1.54) is 5.56 Å². The van der Waals surface area contributed by atoms with Crippen LogP contribution >= 0.6 is 0 Å². The molecule has 0 spiro atoms. The number of nitrogens with zero attached hydrogens (tertiary/aromatic N) is 4. The molecule has 38 heavy (non-hydrogen) atoms. The maximum absolute atomic E-state index is 13.2. The summed E-state index contributed by atoms with van der Waals surface area (Å²) in [7, 11) is 0. The van der Waals surface area contributed by atoms with Gasteiger partial charge in [0.15, 0.2) is 11.5 Å². The average Bonchev–Trinajstić information content (AvgIpc) is 3.43. The van der Waals surface area contributed by atoms with Crippen molar-refractivity contribution in [3.63, 3.8) is 0 Å². The summed E-state index contributed by atoms with van der Waals surface area (Å²) in [6, 6.07) is 19.5. The number of rotatable bonds is 7. The van der Waals surface area contributed by atoms with E-state index in [4.69, 9.17) is 14.5 Å². The Morgan fingerprint density at radius 3 is 2.76 bits per heavy atom. The molecule has 0 bridgehead atoms. The van der Waals surface area contributed by atoms with Crippen molar-refractivity contribution >= 4 is 23.4 Å². The van der Waals surface area contributed by atoms with Crippen molar-refractivity contribution in [3.05, 3.63) is 108 Å². The minimum absolute atomic E-state index is 0.213. The van der Waals surface area contributed by atoms with E-state index in [9.17, 15) is 4.79 Å². The average molecular weight is 507 g/mol. The Bertz CT molecular complexity index is 1510. The summed E-state index contributed by atoms with van der Waals surface area (Å²) in [4.78, 5) is 28.9. The van der Waals surface area contributed by atoms with Gasteiger partial charge >= 0.3 is 0 Å². The lowest BCUT2D eigenvalue weighted by molar-refractivity contribution is 0.0950. The van der Waals surface area contributed by atoms with Crippen molar-refractivity contribution in [1.29, 1.82) is 0 Å². The summed E-state index contributed by atoms with van der Waals surface area (Å²) in [5.74, 6) is 2.05. The molecule has 2 aromatic heterocycles. The summed E-state index contributed by atoms with van der Waals surface area (Å²) in [5.41, 5.74) is 5.34. The van der Waals surface area contributed by atoms with E-state index in [-0.39, 0.29) is 12.7 Å². The van der Waals surface area contributed by atoms with Gasteiger partial charge in [-0.3, -0.25) is 9.78 Å². The van der Waals surface area contributed by atoms with Gasteiger partial charge in [0, 0.05) is 31.2 Å². The molecule has 2 aromatic carbocycles. The number of ether oxygens (including phenoxy) is 2. The number of carbonyl (C=O) groups excluding carboxylic acids is 1. The van der Waals surface area contributed by atoms with Crippen LogP contribution in [0.2, 0.25) is 0 Å². The van der Waals surface area contributed by atoms with Crippen LogP contribution in [-0.4, -0.2) is 34.2 Å². The van der Waals surface area contributed by atoms with Gasteiger partial charge in [0.25, 0.3) is 5.91 Å². The van der Waals surface area contributed by atoms with Gasteiger partial charge in [-0.15, -0.1) is 0 Å². The Labute approximate surface area is 220 Å². The second-order valence-corrected chi connectivity index (χ2v) is 9.12. The molecule has 6 rings (SSSR count). The van der Waals surface area contributed by atoms with E-state index in [2.05, 4.69) is 39.3 Å². The fourth-order valence-electron chi connectivity index (χ4n) is 4.55. The first-order valence-electron chi connectivity index (χ1n) is 12.3. The van der Waals surface area contributed by atoms with Crippen LogP contribution in [0.3, 0.4) is 0 Å². The highest BCUT2D eigenvalue weighted by Gasteiger charge is 2.24. The zero-order valence-electron chi connectivity index (χ0n) is 20.7. The molecule has 2 aliphatic rings. The lowest BCUT2D eigenvalue weighted by Gasteiger charge is -2.31. The molecule has 0 aliphatic carbocycles. The molecular weight excluding hydrogens is 480 g/mol. The van der Waals surface area contributed by atoms with E-state index < -0.39 is 0 Å². The number of fused-ring (bicyclic) bond motifs is 2. The van der Waals surface area contributed by atoms with Gasteiger partial charge in [0.1, 0.15) is 11.4 Å². The van der Waals surface area contributed by atoms with Crippen LogP contribution in [0, 0.1) is 0 Å². The first-order chi connectivity index (χ1) is 18.6. The summed E-state index contributed by atoms with van der Waals surface area (Å²) >= 11 is 0. The third-order valence-corrected chi connectivity index (χ3v) is 6.42. The highest BCUT2D eigenvalue weighted by molar-refractivity contribution is 5.98. The number of carbonyl (C=O) groups is 1. The first-order valence-corrected chi connectivity index (χ1v) is 12.3. The molecule has 0 fully saturated rings. The number of aromatic nitrogens is 3. The summed E-state index contributed by atoms with van der Waals surface area (Å²) < 4.78 is 10.9. The van der Waals surface area contributed by atoms with Gasteiger partial charge < -0.3 is 25.0 Å². The number of anilines is 3. The number of benzene rings is 2. The van der Waals surface area contributed by atoms with E-state index in [1.54, 1.807) is 12.4 Å². The van der Waals surface area contributed by atoms with Crippen LogP contribution in [0.4, 0.5) is 17.5 Å². The molecule has 2 aliphatic heterocycles. The number of hydrogen-bond acceptors (Lipinski definition) is 8. The molecule has 0 radical (unpaired) electrons. The Balaban J connectivity index is 1.30. The quantitative estimate of drug-likeness (QED) is 0.356. The molecule has 0 unspecified atom stereocenters. The molecule has 1 amide bonds. The number of hydrogen-bond donors (Lipinski definition) is 2. The van der Waals surface area contributed by atoms with Crippen molar-refractivity contribution in [2.75, 3.05) is 23.6 Å². The number of pyridine rings is 1. The van der Waals surface area contributed by atoms with Crippen LogP contribution in [0.5, 0.6) is 11.5 Å². The summed E-state index contributed by atoms with van der Waals surface area (Å²) in [5, 5.41) is 6.27. The second kappa shape index (κ2) is 10.2. The SMILES string of the molecule is C=C1Cc2ccccc2N(c2ncc(C(=O)NCc3ccccn3)c(NCc3ccc4c(c3)OCO4)n2)C1. The molecule has 0 atom stereocenters. The zero-order chi connectivity index (χ0) is 25.9. The maximum atomic E-state index is 13.2. The fourth-order valence-corrected chi connectivity index (χ4v) is 4.55. The van der Waals surface area contributed by atoms with Crippen LogP contribution in [0.25, 0.3) is 0 Å². The third-order valence-electron chi connectivity index (χ3n) is 6.42. The highest BCUT2D eigenvalue weighted by Crippen LogP contribution is 2.35. The zero-order valence-corrected chi connectivity index (χ0v) is 20.7. The monoisotopic (exact) mass is 506 g/mol. The van der Waals surface area contributed by atoms with Gasteiger partial charge in [-0.1, -0.05) is 42.5 Å². The minimum atomic E-state index is -0.293. The predicted molar refractivity (Wildman–Crippen MR) is 144 cm³/mol. The van der Waals surface area contributed by atoms with E-state index in [1.807, 2.05) is 53.4 Å². The molecule has 9 heteroatoms. The Kier molecular flexibility index (Phi) is 6.31. The molecule has 4 heterocycles. The molecule has 0 saturated heterocycles. The van der Waals surface area contributed by atoms with Crippen molar-refractivity contribution in [3.8, 4) is 11.5 Å². The second-order valence-electron chi connectivity index (χ2n) is 9.12. The van der Waals surface area contributed by atoms with Gasteiger partial charge in [0.2, 0.25) is 12.7 Å². The molecule has 9 nitrogen and oxygen atoms in total. The molecule has 2 N–H and O–H groups in total. The van der Waals surface area contributed by atoms with E-state index in [0.717, 1.165) is 34.7 Å². The lowest BCUT2D eigenvalue weighted by Crippen LogP contribution is -2.29. The predicted octanol–water partition coefficient (Wildman–Crippen LogP) is 4.39. The standard InChI is InChI=1S/C29H26N6O3/c1-19-12-21-6-2-3-8-24(21)35(17-19)29-33-16-23(28(36)32-15-22-7-4-5-11-30-22)27(34-29)31-14-20-9-10-25-26(13-20)38-18-37-25/h2-11,13,16H,1,12,14-15,17-18H2,(H,32,36)(H,31,33,34). The van der Waals surface area contributed by atoms with Crippen LogP contribution in [0.1, 0.15) is 27.2 Å². The highest BCUT2D eigenvalue weighted by atomic mass is 16.7. The van der Waals surface area contributed by atoms with Crippen LogP contribution in [-0.2, 0) is 19.5 Å². The Morgan fingerprint density at radius 2 is 1.87 bits per heavy atom.